The number of aliphatic hydroxyl groups is 1. The van der Waals surface area contributed by atoms with Gasteiger partial charge in [0.25, 0.3) is 0 Å². The lowest BCUT2D eigenvalue weighted by Gasteiger charge is -2.12. The maximum atomic E-state index is 11.6. The summed E-state index contributed by atoms with van der Waals surface area (Å²) in [6.45, 7) is 1.49. The molecule has 0 aliphatic carbocycles. The molecular formula is C21H36NO6P. The molecule has 0 aromatic rings. The first-order valence-electron chi connectivity index (χ1n) is 10.1. The molecule has 0 spiro atoms. The minimum atomic E-state index is -4.60. The van der Waals surface area contributed by atoms with Gasteiger partial charge in [0.05, 0.1) is 12.7 Å². The average molecular weight is 429 g/mol. The first-order chi connectivity index (χ1) is 13.8. The van der Waals surface area contributed by atoms with E-state index in [0.29, 0.717) is 6.42 Å². The summed E-state index contributed by atoms with van der Waals surface area (Å²) in [6, 6.07) is 0. The van der Waals surface area contributed by atoms with Crippen LogP contribution in [0.3, 0.4) is 0 Å². The summed E-state index contributed by atoms with van der Waals surface area (Å²) in [5.41, 5.74) is 0. The molecule has 4 N–H and O–H groups in total. The zero-order valence-corrected chi connectivity index (χ0v) is 18.2. The van der Waals surface area contributed by atoms with E-state index in [2.05, 4.69) is 35.0 Å². The largest absolute Gasteiger partial charge is 0.469 e. The summed E-state index contributed by atoms with van der Waals surface area (Å²) >= 11 is 0. The monoisotopic (exact) mass is 429 g/mol. The van der Waals surface area contributed by atoms with E-state index in [4.69, 9.17) is 9.79 Å². The number of phosphoric acid groups is 1. The fourth-order valence-corrected chi connectivity index (χ4v) is 2.65. The Morgan fingerprint density at radius 1 is 0.966 bits per heavy atom. The van der Waals surface area contributed by atoms with Gasteiger partial charge in [-0.05, 0) is 25.7 Å². The Hall–Kier alpha value is -1.50. The van der Waals surface area contributed by atoms with Crippen LogP contribution < -0.4 is 5.32 Å². The van der Waals surface area contributed by atoms with E-state index in [1.807, 2.05) is 30.4 Å². The number of rotatable bonds is 17. The van der Waals surface area contributed by atoms with Gasteiger partial charge in [-0.3, -0.25) is 9.32 Å². The molecule has 0 rings (SSSR count). The van der Waals surface area contributed by atoms with E-state index in [1.54, 1.807) is 0 Å². The molecule has 0 saturated carbocycles. The van der Waals surface area contributed by atoms with E-state index >= 15 is 0 Å². The van der Waals surface area contributed by atoms with Crippen molar-refractivity contribution < 1.29 is 28.8 Å². The van der Waals surface area contributed by atoms with Crippen LogP contribution in [0.1, 0.15) is 58.3 Å². The van der Waals surface area contributed by atoms with Gasteiger partial charge in [-0.2, -0.15) is 0 Å². The van der Waals surface area contributed by atoms with Gasteiger partial charge >= 0.3 is 7.82 Å². The maximum absolute atomic E-state index is 11.6. The summed E-state index contributed by atoms with van der Waals surface area (Å²) in [5.74, 6) is -0.186. The first kappa shape index (κ1) is 27.5. The Labute approximate surface area is 174 Å². The molecule has 7 nitrogen and oxygen atoms in total. The average Bonchev–Trinajstić information content (AvgIpc) is 2.67. The molecule has 1 amide bonds. The molecule has 0 heterocycles. The minimum absolute atomic E-state index is 0.0924. The third kappa shape index (κ3) is 22.7. The number of hydrogen-bond donors (Lipinski definition) is 4. The third-order valence-corrected chi connectivity index (χ3v) is 4.29. The van der Waals surface area contributed by atoms with Crippen molar-refractivity contribution in [3.63, 3.8) is 0 Å². The molecule has 1 atom stereocenters. The highest BCUT2D eigenvalue weighted by Crippen LogP contribution is 2.35. The molecule has 0 aromatic heterocycles. The second-order valence-corrected chi connectivity index (χ2v) is 7.82. The Kier molecular flexibility index (Phi) is 17.6. The molecule has 0 bridgehead atoms. The SMILES string of the molecule is CC\C=C/C=C\C=C/C=C\CCCCCCCC(=O)NCC(O)COP(=O)(O)O. The summed E-state index contributed by atoms with van der Waals surface area (Å²) in [5, 5.41) is 12.0. The lowest BCUT2D eigenvalue weighted by atomic mass is 10.1. The first-order valence-corrected chi connectivity index (χ1v) is 11.7. The van der Waals surface area contributed by atoms with Crippen LogP contribution in [0.4, 0.5) is 0 Å². The zero-order chi connectivity index (χ0) is 21.8. The number of hydrogen-bond acceptors (Lipinski definition) is 4. The van der Waals surface area contributed by atoms with Crippen molar-refractivity contribution in [2.24, 2.45) is 0 Å². The van der Waals surface area contributed by atoms with Crippen LogP contribution in [0.15, 0.2) is 48.6 Å². The van der Waals surface area contributed by atoms with Gasteiger partial charge in [-0.15, -0.1) is 0 Å². The van der Waals surface area contributed by atoms with E-state index in [0.717, 1.165) is 44.9 Å². The van der Waals surface area contributed by atoms with Crippen LogP contribution >= 0.6 is 7.82 Å². The second kappa shape index (κ2) is 18.5. The maximum Gasteiger partial charge on any atom is 0.469 e. The smallest absolute Gasteiger partial charge is 0.389 e. The van der Waals surface area contributed by atoms with Gasteiger partial charge in [0.2, 0.25) is 5.91 Å². The number of unbranched alkanes of at least 4 members (excludes halogenated alkanes) is 5. The molecule has 0 fully saturated rings. The highest BCUT2D eigenvalue weighted by molar-refractivity contribution is 7.46. The Balaban J connectivity index is 3.53. The molecule has 29 heavy (non-hydrogen) atoms. The fourth-order valence-electron chi connectivity index (χ4n) is 2.29. The number of carbonyl (C=O) groups excluding carboxylic acids is 1. The van der Waals surface area contributed by atoms with Crippen molar-refractivity contribution in [3.8, 4) is 0 Å². The van der Waals surface area contributed by atoms with Gasteiger partial charge in [0.15, 0.2) is 0 Å². The molecule has 1 unspecified atom stereocenters. The molecule has 0 radical (unpaired) electrons. The highest BCUT2D eigenvalue weighted by Gasteiger charge is 2.17. The Morgan fingerprint density at radius 2 is 1.55 bits per heavy atom. The standard InChI is InChI=1S/C21H36NO6P/c1-2-3-4-5-6-7-8-9-10-11-12-13-14-15-16-17-21(24)22-18-20(23)19-28-29(25,26)27/h3-10,20,23H,2,11-19H2,1H3,(H,22,24)(H2,25,26,27)/b4-3-,6-5-,8-7-,10-9-. The fraction of sp³-hybridized carbons (Fsp3) is 0.571. The van der Waals surface area contributed by atoms with Crippen molar-refractivity contribution in [1.29, 1.82) is 0 Å². The predicted octanol–water partition coefficient (Wildman–Crippen LogP) is 3.94. The van der Waals surface area contributed by atoms with E-state index in [-0.39, 0.29) is 12.5 Å². The summed E-state index contributed by atoms with van der Waals surface area (Å²) in [4.78, 5) is 28.7. The third-order valence-electron chi connectivity index (χ3n) is 3.81. The Bertz CT molecular complexity index is 580. The van der Waals surface area contributed by atoms with Gasteiger partial charge in [-0.25, -0.2) is 4.57 Å². The minimum Gasteiger partial charge on any atom is -0.389 e. The predicted molar refractivity (Wildman–Crippen MR) is 116 cm³/mol. The lowest BCUT2D eigenvalue weighted by molar-refractivity contribution is -0.121. The van der Waals surface area contributed by atoms with Crippen LogP contribution in [-0.4, -0.2) is 40.1 Å². The van der Waals surface area contributed by atoms with Crippen LogP contribution in [0.25, 0.3) is 0 Å². The number of phosphoric ester groups is 1. The van der Waals surface area contributed by atoms with E-state index < -0.39 is 20.5 Å². The summed E-state index contributed by atoms with van der Waals surface area (Å²) < 4.78 is 14.7. The van der Waals surface area contributed by atoms with Gasteiger partial charge < -0.3 is 20.2 Å². The number of carbonyl (C=O) groups is 1. The van der Waals surface area contributed by atoms with Crippen LogP contribution in [0, 0.1) is 0 Å². The van der Waals surface area contributed by atoms with Crippen molar-refractivity contribution in [1.82, 2.24) is 5.32 Å². The molecule has 8 heteroatoms. The van der Waals surface area contributed by atoms with Gasteiger partial charge in [-0.1, -0.05) is 74.8 Å². The van der Waals surface area contributed by atoms with Gasteiger partial charge in [0, 0.05) is 13.0 Å². The quantitative estimate of drug-likeness (QED) is 0.158. The van der Waals surface area contributed by atoms with Gasteiger partial charge in [0.1, 0.15) is 0 Å². The molecule has 0 saturated heterocycles. The van der Waals surface area contributed by atoms with Crippen molar-refractivity contribution in [2.45, 2.75) is 64.4 Å². The normalized spacial score (nSPS) is 13.9. The van der Waals surface area contributed by atoms with Crippen molar-refractivity contribution in [3.05, 3.63) is 48.6 Å². The highest BCUT2D eigenvalue weighted by atomic mass is 31.2. The summed E-state index contributed by atoms with van der Waals surface area (Å²) in [6.07, 6.45) is 22.8. The van der Waals surface area contributed by atoms with Crippen LogP contribution in [0.2, 0.25) is 0 Å². The number of aliphatic hydroxyl groups excluding tert-OH is 1. The van der Waals surface area contributed by atoms with Crippen LogP contribution in [0.5, 0.6) is 0 Å². The molecule has 166 valence electrons. The molecular weight excluding hydrogens is 393 g/mol. The molecule has 0 aliphatic heterocycles. The zero-order valence-electron chi connectivity index (χ0n) is 17.3. The number of amides is 1. The lowest BCUT2D eigenvalue weighted by Crippen LogP contribution is -2.34. The number of allylic oxidation sites excluding steroid dienone is 8. The van der Waals surface area contributed by atoms with E-state index in [9.17, 15) is 14.5 Å². The molecule has 0 aliphatic rings. The van der Waals surface area contributed by atoms with Crippen molar-refractivity contribution >= 4 is 13.7 Å². The Morgan fingerprint density at radius 3 is 2.21 bits per heavy atom. The number of nitrogens with one attached hydrogen (secondary N) is 1. The summed E-state index contributed by atoms with van der Waals surface area (Å²) in [7, 11) is -4.60. The van der Waals surface area contributed by atoms with E-state index in [1.165, 1.54) is 0 Å². The molecule has 0 aromatic carbocycles. The topological polar surface area (TPSA) is 116 Å². The second-order valence-electron chi connectivity index (χ2n) is 6.59. The van der Waals surface area contributed by atoms with Crippen molar-refractivity contribution in [2.75, 3.05) is 13.2 Å². The van der Waals surface area contributed by atoms with Crippen LogP contribution in [-0.2, 0) is 13.9 Å².